The van der Waals surface area contributed by atoms with E-state index in [0.29, 0.717) is 18.7 Å². The monoisotopic (exact) mass is 438 g/mol. The van der Waals surface area contributed by atoms with Gasteiger partial charge in [-0.1, -0.05) is 29.3 Å². The summed E-state index contributed by atoms with van der Waals surface area (Å²) in [7, 11) is -3.57. The minimum absolute atomic E-state index is 0.0459. The predicted octanol–water partition coefficient (Wildman–Crippen LogP) is 4.76. The minimum atomic E-state index is -3.57. The maximum absolute atomic E-state index is 13.0. The van der Waals surface area contributed by atoms with Crippen LogP contribution < -0.4 is 9.62 Å². The average molecular weight is 439 g/mol. The van der Waals surface area contributed by atoms with Crippen molar-refractivity contribution in [3.05, 3.63) is 70.8 Å². The number of hydrogen-bond acceptors (Lipinski definition) is 3. The first-order valence-electron chi connectivity index (χ1n) is 11.1. The smallest absolute Gasteiger partial charge is 0.258 e. The van der Waals surface area contributed by atoms with E-state index in [2.05, 4.69) is 10.8 Å². The van der Waals surface area contributed by atoms with Crippen molar-refractivity contribution >= 4 is 21.6 Å². The van der Waals surface area contributed by atoms with Crippen molar-refractivity contribution in [2.45, 2.75) is 56.8 Å². The summed E-state index contributed by atoms with van der Waals surface area (Å²) in [5.74, 6) is -0.0459. The van der Waals surface area contributed by atoms with Gasteiger partial charge in [-0.25, -0.2) is 13.1 Å². The molecule has 2 aliphatic rings. The molecule has 6 heteroatoms. The second-order valence-electron chi connectivity index (χ2n) is 8.47. The standard InChI is InChI=1S/C25H30N2O3S/c1-19-9-11-21(12-10-19)25(28)27-17-5-8-22-18-23(13-14-24(22)27)31(29,30)26-16-15-20-6-3-2-4-7-20/h6,9-14,18,26H,2-5,7-8,15-17H2,1H3. The van der Waals surface area contributed by atoms with E-state index in [1.54, 1.807) is 23.1 Å². The highest BCUT2D eigenvalue weighted by Gasteiger charge is 2.25. The van der Waals surface area contributed by atoms with Crippen molar-refractivity contribution < 1.29 is 13.2 Å². The molecule has 0 radical (unpaired) electrons. The largest absolute Gasteiger partial charge is 0.308 e. The first-order chi connectivity index (χ1) is 14.9. The van der Waals surface area contributed by atoms with Gasteiger partial charge in [0.1, 0.15) is 0 Å². The molecule has 0 aromatic heterocycles. The van der Waals surface area contributed by atoms with Crippen LogP contribution in [-0.4, -0.2) is 27.4 Å². The number of nitrogens with zero attached hydrogens (tertiary/aromatic N) is 1. The summed E-state index contributed by atoms with van der Waals surface area (Å²) in [6.07, 6.45) is 9.20. The zero-order valence-electron chi connectivity index (χ0n) is 18.1. The molecule has 0 bridgehead atoms. The molecule has 1 amide bonds. The van der Waals surface area contributed by atoms with E-state index >= 15 is 0 Å². The minimum Gasteiger partial charge on any atom is -0.308 e. The zero-order valence-corrected chi connectivity index (χ0v) is 18.9. The van der Waals surface area contributed by atoms with Crippen LogP contribution in [0.5, 0.6) is 0 Å². The summed E-state index contributed by atoms with van der Waals surface area (Å²) < 4.78 is 28.4. The Balaban J connectivity index is 1.48. The first kappa shape index (κ1) is 21.8. The Hall–Kier alpha value is -2.44. The van der Waals surface area contributed by atoms with E-state index in [1.165, 1.54) is 18.4 Å². The van der Waals surface area contributed by atoms with Gasteiger partial charge in [-0.05, 0) is 87.8 Å². The van der Waals surface area contributed by atoms with E-state index in [0.717, 1.165) is 48.9 Å². The quantitative estimate of drug-likeness (QED) is 0.662. The van der Waals surface area contributed by atoms with E-state index < -0.39 is 10.0 Å². The molecule has 2 aromatic carbocycles. The lowest BCUT2D eigenvalue weighted by atomic mass is 9.97. The molecule has 0 atom stereocenters. The number of amides is 1. The fraction of sp³-hybridized carbons (Fsp3) is 0.400. The van der Waals surface area contributed by atoms with Gasteiger partial charge in [0.05, 0.1) is 4.90 Å². The van der Waals surface area contributed by atoms with Gasteiger partial charge in [0, 0.05) is 24.3 Å². The maximum atomic E-state index is 13.0. The van der Waals surface area contributed by atoms with Gasteiger partial charge in [-0.15, -0.1) is 0 Å². The molecule has 0 spiro atoms. The lowest BCUT2D eigenvalue weighted by Gasteiger charge is -2.30. The van der Waals surface area contributed by atoms with Crippen molar-refractivity contribution in [1.82, 2.24) is 4.72 Å². The van der Waals surface area contributed by atoms with Crippen LogP contribution in [-0.2, 0) is 16.4 Å². The highest BCUT2D eigenvalue weighted by Crippen LogP contribution is 2.31. The molecule has 1 N–H and O–H groups in total. The van der Waals surface area contributed by atoms with Crippen LogP contribution in [0.4, 0.5) is 5.69 Å². The summed E-state index contributed by atoms with van der Waals surface area (Å²) >= 11 is 0. The Kier molecular flexibility index (Phi) is 6.58. The molecular weight excluding hydrogens is 408 g/mol. The number of rotatable bonds is 6. The Morgan fingerprint density at radius 2 is 1.84 bits per heavy atom. The zero-order chi connectivity index (χ0) is 21.8. The molecular formula is C25H30N2O3S. The van der Waals surface area contributed by atoms with Crippen molar-refractivity contribution in [2.75, 3.05) is 18.0 Å². The van der Waals surface area contributed by atoms with E-state index in [9.17, 15) is 13.2 Å². The van der Waals surface area contributed by atoms with Gasteiger partial charge in [-0.3, -0.25) is 4.79 Å². The molecule has 4 rings (SSSR count). The highest BCUT2D eigenvalue weighted by molar-refractivity contribution is 7.89. The first-order valence-corrected chi connectivity index (χ1v) is 12.6. The normalized spacial score (nSPS) is 16.5. The number of anilines is 1. The molecule has 1 aliphatic heterocycles. The third-order valence-corrected chi connectivity index (χ3v) is 7.61. The summed E-state index contributed by atoms with van der Waals surface area (Å²) in [5, 5.41) is 0. The third kappa shape index (κ3) is 5.08. The van der Waals surface area contributed by atoms with Gasteiger partial charge in [0.15, 0.2) is 0 Å². The molecule has 31 heavy (non-hydrogen) atoms. The van der Waals surface area contributed by atoms with Crippen molar-refractivity contribution in [2.24, 2.45) is 0 Å². The predicted molar refractivity (Wildman–Crippen MR) is 124 cm³/mol. The molecule has 1 heterocycles. The molecule has 0 unspecified atom stereocenters. The van der Waals surface area contributed by atoms with Crippen LogP contribution in [0.2, 0.25) is 0 Å². The molecule has 1 aliphatic carbocycles. The number of benzene rings is 2. The van der Waals surface area contributed by atoms with Crippen LogP contribution >= 0.6 is 0 Å². The summed E-state index contributed by atoms with van der Waals surface area (Å²) in [5.41, 5.74) is 4.82. The summed E-state index contributed by atoms with van der Waals surface area (Å²) in [6.45, 7) is 3.05. The number of aryl methyl sites for hydroxylation is 2. The van der Waals surface area contributed by atoms with Gasteiger partial charge >= 0.3 is 0 Å². The molecule has 5 nitrogen and oxygen atoms in total. The Bertz CT molecular complexity index is 1090. The summed E-state index contributed by atoms with van der Waals surface area (Å²) in [6, 6.07) is 12.7. The maximum Gasteiger partial charge on any atom is 0.258 e. The SMILES string of the molecule is Cc1ccc(C(=O)N2CCCc3cc(S(=O)(=O)NCCC4=CCCCC4)ccc32)cc1. The number of sulfonamides is 1. The van der Waals surface area contributed by atoms with Crippen molar-refractivity contribution in [3.8, 4) is 0 Å². The Labute approximate surface area is 185 Å². The van der Waals surface area contributed by atoms with Crippen molar-refractivity contribution in [3.63, 3.8) is 0 Å². The van der Waals surface area contributed by atoms with E-state index in [4.69, 9.17) is 0 Å². The number of nitrogens with one attached hydrogen (secondary N) is 1. The molecule has 164 valence electrons. The van der Waals surface area contributed by atoms with Crippen LogP contribution in [0.1, 0.15) is 60.0 Å². The van der Waals surface area contributed by atoms with E-state index in [1.807, 2.05) is 31.2 Å². The number of fused-ring (bicyclic) bond motifs is 1. The molecule has 0 fully saturated rings. The fourth-order valence-corrected chi connectivity index (χ4v) is 5.45. The van der Waals surface area contributed by atoms with E-state index in [-0.39, 0.29) is 10.8 Å². The van der Waals surface area contributed by atoms with Crippen molar-refractivity contribution in [1.29, 1.82) is 0 Å². The van der Waals surface area contributed by atoms with Crippen LogP contribution in [0.3, 0.4) is 0 Å². The number of carbonyl (C=O) groups is 1. The van der Waals surface area contributed by atoms with Crippen LogP contribution in [0.15, 0.2) is 59.0 Å². The fourth-order valence-electron chi connectivity index (χ4n) is 4.36. The van der Waals surface area contributed by atoms with Crippen LogP contribution in [0.25, 0.3) is 0 Å². The van der Waals surface area contributed by atoms with Crippen LogP contribution in [0, 0.1) is 6.92 Å². The Morgan fingerprint density at radius 1 is 1.03 bits per heavy atom. The average Bonchev–Trinajstić information content (AvgIpc) is 2.79. The second kappa shape index (κ2) is 9.37. The topological polar surface area (TPSA) is 66.5 Å². The number of allylic oxidation sites excluding steroid dienone is 1. The number of carbonyl (C=O) groups excluding carboxylic acids is 1. The highest BCUT2D eigenvalue weighted by atomic mass is 32.2. The third-order valence-electron chi connectivity index (χ3n) is 6.15. The Morgan fingerprint density at radius 3 is 2.58 bits per heavy atom. The summed E-state index contributed by atoms with van der Waals surface area (Å²) in [4.78, 5) is 15.1. The molecule has 0 saturated carbocycles. The molecule has 0 saturated heterocycles. The lowest BCUT2D eigenvalue weighted by molar-refractivity contribution is 0.0985. The lowest BCUT2D eigenvalue weighted by Crippen LogP contribution is -2.35. The van der Waals surface area contributed by atoms with Gasteiger partial charge in [0.25, 0.3) is 5.91 Å². The van der Waals surface area contributed by atoms with Gasteiger partial charge in [-0.2, -0.15) is 0 Å². The second-order valence-corrected chi connectivity index (χ2v) is 10.2. The number of hydrogen-bond donors (Lipinski definition) is 1. The van der Waals surface area contributed by atoms with Gasteiger partial charge in [0.2, 0.25) is 10.0 Å². The molecule has 2 aromatic rings. The van der Waals surface area contributed by atoms with Gasteiger partial charge < -0.3 is 4.90 Å².